The summed E-state index contributed by atoms with van der Waals surface area (Å²) in [6.07, 6.45) is 0. The third-order valence-electron chi connectivity index (χ3n) is 3.09. The molecule has 0 N–H and O–H groups in total. The Labute approximate surface area is 114 Å². The number of nitrogens with zero attached hydrogens (tertiary/aromatic N) is 1. The third-order valence-corrected chi connectivity index (χ3v) is 5.18. The van der Waals surface area contributed by atoms with Crippen LogP contribution in [0.1, 0.15) is 0 Å². The van der Waals surface area contributed by atoms with Crippen molar-refractivity contribution in [1.29, 1.82) is 0 Å². The quantitative estimate of drug-likeness (QED) is 0.708. The number of methoxy groups -OCH3 is 1. The van der Waals surface area contributed by atoms with Crippen molar-refractivity contribution in [2.45, 2.75) is 0 Å². The summed E-state index contributed by atoms with van der Waals surface area (Å²) < 4.78 is 7.85. The Balaban J connectivity index is 1.99. The first kappa shape index (κ1) is 12.0. The molecule has 3 aromatic rings. The summed E-state index contributed by atoms with van der Waals surface area (Å²) in [5.74, 6) is 0. The fourth-order valence-corrected chi connectivity index (χ4v) is 3.91. The van der Waals surface area contributed by atoms with Crippen LogP contribution in [0.15, 0.2) is 29.6 Å². The van der Waals surface area contributed by atoms with Gasteiger partial charge in [-0.2, -0.15) is 0 Å². The van der Waals surface area contributed by atoms with Gasteiger partial charge in [-0.1, -0.05) is 0 Å². The summed E-state index contributed by atoms with van der Waals surface area (Å²) in [6, 6.07) is 9.04. The molecular weight excluding hydrogens is 262 g/mol. The summed E-state index contributed by atoms with van der Waals surface area (Å²) in [5, 5.41) is 6.15. The minimum absolute atomic E-state index is 0.764. The van der Waals surface area contributed by atoms with Crippen LogP contribution in [0, 0.1) is 0 Å². The van der Waals surface area contributed by atoms with E-state index in [1.807, 2.05) is 11.3 Å². The van der Waals surface area contributed by atoms with Crippen molar-refractivity contribution in [3.63, 3.8) is 0 Å². The van der Waals surface area contributed by atoms with Crippen LogP contribution in [-0.2, 0) is 4.74 Å². The van der Waals surface area contributed by atoms with E-state index in [0.29, 0.717) is 0 Å². The van der Waals surface area contributed by atoms with Crippen molar-refractivity contribution < 1.29 is 4.74 Å². The lowest BCUT2D eigenvalue weighted by Gasteiger charge is -2.15. The summed E-state index contributed by atoms with van der Waals surface area (Å²) in [6.45, 7) is 1.69. The van der Waals surface area contributed by atoms with E-state index in [-0.39, 0.29) is 0 Å². The highest BCUT2D eigenvalue weighted by Gasteiger charge is 2.07. The van der Waals surface area contributed by atoms with E-state index in [1.165, 1.54) is 25.2 Å². The average molecular weight is 277 g/mol. The van der Waals surface area contributed by atoms with Gasteiger partial charge < -0.3 is 9.64 Å². The maximum absolute atomic E-state index is 5.12. The molecule has 4 heteroatoms. The van der Waals surface area contributed by atoms with E-state index in [0.717, 1.165) is 13.2 Å². The van der Waals surface area contributed by atoms with Crippen molar-refractivity contribution in [3.8, 4) is 0 Å². The van der Waals surface area contributed by atoms with Gasteiger partial charge in [0.1, 0.15) is 0 Å². The summed E-state index contributed by atoms with van der Waals surface area (Å²) in [7, 11) is 3.86. The largest absolute Gasteiger partial charge is 0.383 e. The van der Waals surface area contributed by atoms with Crippen LogP contribution in [-0.4, -0.2) is 27.3 Å². The monoisotopic (exact) mass is 277 g/mol. The molecule has 2 heterocycles. The summed E-state index contributed by atoms with van der Waals surface area (Å²) in [5.41, 5.74) is 0. The molecule has 0 aliphatic heterocycles. The van der Waals surface area contributed by atoms with Gasteiger partial charge in [-0.05, 0) is 40.4 Å². The Morgan fingerprint density at radius 1 is 1.17 bits per heavy atom. The minimum Gasteiger partial charge on any atom is -0.383 e. The normalized spacial score (nSPS) is 11.4. The van der Waals surface area contributed by atoms with Crippen LogP contribution in [0.2, 0.25) is 0 Å². The van der Waals surface area contributed by atoms with Crippen molar-refractivity contribution in [3.05, 3.63) is 29.6 Å². The van der Waals surface area contributed by atoms with Crippen molar-refractivity contribution >= 4 is 47.8 Å². The van der Waals surface area contributed by atoms with Crippen molar-refractivity contribution in [2.75, 3.05) is 32.2 Å². The molecule has 0 saturated carbocycles. The molecule has 2 aromatic heterocycles. The molecule has 0 aliphatic rings. The molecule has 18 heavy (non-hydrogen) atoms. The minimum atomic E-state index is 0.764. The Morgan fingerprint density at radius 2 is 2.00 bits per heavy atom. The van der Waals surface area contributed by atoms with Gasteiger partial charge >= 0.3 is 0 Å². The Kier molecular flexibility index (Phi) is 3.24. The highest BCUT2D eigenvalue weighted by Crippen LogP contribution is 2.36. The fraction of sp³-hybridized carbons (Fsp3) is 0.286. The zero-order valence-electron chi connectivity index (χ0n) is 10.5. The number of hydrogen-bond donors (Lipinski definition) is 0. The van der Waals surface area contributed by atoms with E-state index < -0.39 is 0 Å². The van der Waals surface area contributed by atoms with Gasteiger partial charge in [0.25, 0.3) is 0 Å². The molecule has 0 fully saturated rings. The van der Waals surface area contributed by atoms with E-state index >= 15 is 0 Å². The lowest BCUT2D eigenvalue weighted by atomic mass is 10.2. The predicted molar refractivity (Wildman–Crippen MR) is 82.4 cm³/mol. The van der Waals surface area contributed by atoms with Crippen LogP contribution >= 0.6 is 22.7 Å². The molecule has 0 bridgehead atoms. The molecule has 0 spiro atoms. The van der Waals surface area contributed by atoms with E-state index in [4.69, 9.17) is 4.74 Å². The fourth-order valence-electron chi connectivity index (χ4n) is 2.01. The lowest BCUT2D eigenvalue weighted by molar-refractivity contribution is 0.206. The van der Waals surface area contributed by atoms with Crippen LogP contribution in [0.4, 0.5) is 5.00 Å². The molecule has 1 aromatic carbocycles. The molecular formula is C14H15NOS2. The zero-order chi connectivity index (χ0) is 12.5. The number of benzene rings is 1. The lowest BCUT2D eigenvalue weighted by Crippen LogP contribution is -2.20. The zero-order valence-corrected chi connectivity index (χ0v) is 12.1. The van der Waals surface area contributed by atoms with Crippen LogP contribution in [0.3, 0.4) is 0 Å². The topological polar surface area (TPSA) is 12.5 Å². The van der Waals surface area contributed by atoms with Crippen molar-refractivity contribution in [1.82, 2.24) is 0 Å². The van der Waals surface area contributed by atoms with Gasteiger partial charge in [0, 0.05) is 30.1 Å². The maximum Gasteiger partial charge on any atom is 0.0919 e. The number of rotatable bonds is 4. The first-order valence-electron chi connectivity index (χ1n) is 5.89. The number of likely N-dealkylation sites (N-methyl/N-ethyl adjacent to an activating group) is 1. The first-order valence-corrected chi connectivity index (χ1v) is 7.58. The second-order valence-electron chi connectivity index (χ2n) is 4.35. The Bertz CT molecular complexity index is 623. The highest BCUT2D eigenvalue weighted by molar-refractivity contribution is 7.23. The molecule has 2 nitrogen and oxygen atoms in total. The second-order valence-corrected chi connectivity index (χ2v) is 6.36. The summed E-state index contributed by atoms with van der Waals surface area (Å²) in [4.78, 5) is 2.25. The number of hydrogen-bond acceptors (Lipinski definition) is 4. The maximum atomic E-state index is 5.12. The molecule has 0 saturated heterocycles. The molecule has 0 atom stereocenters. The van der Waals surface area contributed by atoms with Gasteiger partial charge in [-0.3, -0.25) is 0 Å². The number of ether oxygens (including phenoxy) is 1. The molecule has 0 aliphatic carbocycles. The number of thiophene rings is 2. The molecule has 94 valence electrons. The average Bonchev–Trinajstić information content (AvgIpc) is 2.97. The van der Waals surface area contributed by atoms with Gasteiger partial charge in [0.15, 0.2) is 0 Å². The molecule has 0 radical (unpaired) electrons. The third kappa shape index (κ3) is 2.11. The first-order chi connectivity index (χ1) is 8.78. The van der Waals surface area contributed by atoms with Crippen LogP contribution in [0.25, 0.3) is 20.2 Å². The molecule has 3 rings (SSSR count). The van der Waals surface area contributed by atoms with Gasteiger partial charge in [-0.25, -0.2) is 0 Å². The Morgan fingerprint density at radius 3 is 2.83 bits per heavy atom. The van der Waals surface area contributed by atoms with Gasteiger partial charge in [0.05, 0.1) is 11.6 Å². The SMILES string of the molecule is COCCN(C)c1cc2cc3sccc3cc2s1. The number of fused-ring (bicyclic) bond motifs is 2. The van der Waals surface area contributed by atoms with Gasteiger partial charge in [0.2, 0.25) is 0 Å². The highest BCUT2D eigenvalue weighted by atomic mass is 32.1. The predicted octanol–water partition coefficient (Wildman–Crippen LogP) is 4.20. The second kappa shape index (κ2) is 4.88. The van der Waals surface area contributed by atoms with Crippen molar-refractivity contribution in [2.24, 2.45) is 0 Å². The van der Waals surface area contributed by atoms with Gasteiger partial charge in [-0.15, -0.1) is 22.7 Å². The number of anilines is 1. The van der Waals surface area contributed by atoms with E-state index in [9.17, 15) is 0 Å². The summed E-state index contributed by atoms with van der Waals surface area (Å²) >= 11 is 3.65. The van der Waals surface area contributed by atoms with Crippen LogP contribution in [0.5, 0.6) is 0 Å². The van der Waals surface area contributed by atoms with E-state index in [1.54, 1.807) is 18.4 Å². The van der Waals surface area contributed by atoms with E-state index in [2.05, 4.69) is 41.6 Å². The standard InChI is InChI=1S/C14H15NOS2/c1-15(4-5-16-2)14-9-11-8-12-10(3-6-17-12)7-13(11)18-14/h3,6-9H,4-5H2,1-2H3. The van der Waals surface area contributed by atoms with Crippen LogP contribution < -0.4 is 4.90 Å². The molecule has 0 unspecified atom stereocenters. The Hall–Kier alpha value is -1.10. The smallest absolute Gasteiger partial charge is 0.0919 e. The molecule has 0 amide bonds.